The van der Waals surface area contributed by atoms with E-state index in [2.05, 4.69) is 15.5 Å². The van der Waals surface area contributed by atoms with Crippen LogP contribution in [0.3, 0.4) is 0 Å². The van der Waals surface area contributed by atoms with Crippen molar-refractivity contribution in [1.29, 1.82) is 0 Å². The van der Waals surface area contributed by atoms with Gasteiger partial charge in [-0.2, -0.15) is 0 Å². The van der Waals surface area contributed by atoms with Crippen molar-refractivity contribution in [2.45, 2.75) is 12.8 Å². The van der Waals surface area contributed by atoms with E-state index in [-0.39, 0.29) is 18.5 Å². The molecule has 9 heteroatoms. The van der Waals surface area contributed by atoms with Crippen LogP contribution in [0.4, 0.5) is 16.2 Å². The largest absolute Gasteiger partial charge is 0.481 e. The van der Waals surface area contributed by atoms with E-state index in [0.29, 0.717) is 25.3 Å². The van der Waals surface area contributed by atoms with Crippen molar-refractivity contribution in [3.8, 4) is 0 Å². The van der Waals surface area contributed by atoms with Crippen LogP contribution in [0, 0.1) is 0 Å². The molecule has 0 aromatic heterocycles. The highest BCUT2D eigenvalue weighted by Crippen LogP contribution is 2.25. The Balaban J connectivity index is 2.05. The van der Waals surface area contributed by atoms with Gasteiger partial charge in [-0.05, 0) is 24.6 Å². The number of carboxylic acid groups (broad SMARTS) is 1. The first-order valence-corrected chi connectivity index (χ1v) is 8.33. The van der Waals surface area contributed by atoms with E-state index in [9.17, 15) is 14.4 Å². The van der Waals surface area contributed by atoms with E-state index < -0.39 is 18.0 Å². The van der Waals surface area contributed by atoms with Gasteiger partial charge < -0.3 is 30.1 Å². The molecule has 26 heavy (non-hydrogen) atoms. The zero-order valence-electron chi connectivity index (χ0n) is 14.6. The zero-order valence-corrected chi connectivity index (χ0v) is 14.6. The van der Waals surface area contributed by atoms with Gasteiger partial charge in [0.2, 0.25) is 0 Å². The zero-order chi connectivity index (χ0) is 18.9. The highest BCUT2D eigenvalue weighted by molar-refractivity contribution is 6.01. The summed E-state index contributed by atoms with van der Waals surface area (Å²) < 4.78 is 10.1. The fourth-order valence-corrected chi connectivity index (χ4v) is 2.55. The number of morpholine rings is 1. The molecule has 0 bridgehead atoms. The summed E-state index contributed by atoms with van der Waals surface area (Å²) in [4.78, 5) is 36.6. The summed E-state index contributed by atoms with van der Waals surface area (Å²) in [7, 11) is 1.28. The molecular weight excluding hydrogens is 342 g/mol. The number of carbonyl (C=O) groups is 3. The van der Waals surface area contributed by atoms with Gasteiger partial charge in [-0.25, -0.2) is 9.59 Å². The lowest BCUT2D eigenvalue weighted by Crippen LogP contribution is -2.36. The first kappa shape index (κ1) is 19.5. The second-order valence-electron chi connectivity index (χ2n) is 5.70. The Kier molecular flexibility index (Phi) is 7.22. The molecule has 1 aliphatic heterocycles. The van der Waals surface area contributed by atoms with Gasteiger partial charge in [0.25, 0.3) is 0 Å². The lowest BCUT2D eigenvalue weighted by atomic mass is 10.1. The molecule has 1 heterocycles. The monoisotopic (exact) mass is 365 g/mol. The Hall–Kier alpha value is -2.81. The number of nitrogens with one attached hydrogen (secondary N) is 2. The number of urea groups is 1. The smallest absolute Gasteiger partial charge is 0.340 e. The minimum Gasteiger partial charge on any atom is -0.481 e. The molecule has 1 fully saturated rings. The third-order valence-electron chi connectivity index (χ3n) is 3.89. The summed E-state index contributed by atoms with van der Waals surface area (Å²) in [6.45, 7) is 2.89. The van der Waals surface area contributed by atoms with E-state index in [1.807, 2.05) is 6.07 Å². The van der Waals surface area contributed by atoms with E-state index in [0.717, 1.165) is 18.8 Å². The normalized spacial score (nSPS) is 13.8. The van der Waals surface area contributed by atoms with Crippen molar-refractivity contribution in [2.75, 3.05) is 50.2 Å². The number of hydrogen-bond acceptors (Lipinski definition) is 6. The van der Waals surface area contributed by atoms with Crippen LogP contribution in [0.2, 0.25) is 0 Å². The molecule has 1 aromatic rings. The highest BCUT2D eigenvalue weighted by Gasteiger charge is 2.18. The van der Waals surface area contributed by atoms with Gasteiger partial charge in [0, 0.05) is 31.7 Å². The predicted molar refractivity (Wildman–Crippen MR) is 94.7 cm³/mol. The van der Waals surface area contributed by atoms with Gasteiger partial charge in [-0.3, -0.25) is 4.79 Å². The van der Waals surface area contributed by atoms with Crippen molar-refractivity contribution >= 4 is 29.3 Å². The first-order chi connectivity index (χ1) is 12.5. The van der Waals surface area contributed by atoms with E-state index >= 15 is 0 Å². The number of aliphatic carboxylic acids is 1. The Bertz CT molecular complexity index is 658. The summed E-state index contributed by atoms with van der Waals surface area (Å²) in [5.41, 5.74) is 1.42. The second-order valence-corrected chi connectivity index (χ2v) is 5.70. The van der Waals surface area contributed by atoms with Crippen LogP contribution in [0.15, 0.2) is 18.2 Å². The number of nitrogens with zero attached hydrogens (tertiary/aromatic N) is 1. The van der Waals surface area contributed by atoms with E-state index in [4.69, 9.17) is 14.6 Å². The predicted octanol–water partition coefficient (Wildman–Crippen LogP) is 1.30. The average molecular weight is 365 g/mol. The fraction of sp³-hybridized carbons (Fsp3) is 0.471. The highest BCUT2D eigenvalue weighted by atomic mass is 16.5. The van der Waals surface area contributed by atoms with Crippen LogP contribution in [-0.4, -0.2) is 63.0 Å². The number of benzene rings is 1. The topological polar surface area (TPSA) is 117 Å². The van der Waals surface area contributed by atoms with Gasteiger partial charge >= 0.3 is 18.0 Å². The third kappa shape index (κ3) is 5.62. The lowest BCUT2D eigenvalue weighted by molar-refractivity contribution is -0.137. The molecule has 9 nitrogen and oxygen atoms in total. The summed E-state index contributed by atoms with van der Waals surface area (Å²) in [6, 6.07) is 4.63. The van der Waals surface area contributed by atoms with Gasteiger partial charge in [-0.1, -0.05) is 0 Å². The lowest BCUT2D eigenvalue weighted by Gasteiger charge is -2.29. The van der Waals surface area contributed by atoms with Crippen molar-refractivity contribution in [2.24, 2.45) is 0 Å². The number of anilines is 2. The minimum atomic E-state index is -0.918. The van der Waals surface area contributed by atoms with Crippen LogP contribution < -0.4 is 15.5 Å². The van der Waals surface area contributed by atoms with Gasteiger partial charge in [-0.15, -0.1) is 0 Å². The number of esters is 1. The number of amides is 2. The van der Waals surface area contributed by atoms with E-state index in [1.165, 1.54) is 7.11 Å². The number of rotatable bonds is 7. The molecule has 1 aliphatic rings. The van der Waals surface area contributed by atoms with Gasteiger partial charge in [0.05, 0.1) is 31.6 Å². The SMILES string of the molecule is COC(=O)c1cc(N2CCOCC2)ccc1NC(=O)NCCCC(=O)O. The third-order valence-corrected chi connectivity index (χ3v) is 3.89. The number of methoxy groups -OCH3 is 1. The molecule has 1 saturated heterocycles. The van der Waals surface area contributed by atoms with Crippen molar-refractivity contribution in [1.82, 2.24) is 5.32 Å². The molecule has 0 radical (unpaired) electrons. The van der Waals surface area contributed by atoms with Crippen LogP contribution in [0.1, 0.15) is 23.2 Å². The Labute approximate surface area is 151 Å². The molecule has 0 saturated carbocycles. The van der Waals surface area contributed by atoms with E-state index in [1.54, 1.807) is 12.1 Å². The standard InChI is InChI=1S/C17H23N3O6/c1-25-16(23)13-11-12(20-7-9-26-10-8-20)4-5-14(13)19-17(24)18-6-2-3-15(21)22/h4-5,11H,2-3,6-10H2,1H3,(H,21,22)(H2,18,19,24). The fourth-order valence-electron chi connectivity index (χ4n) is 2.55. The molecule has 2 amide bonds. The van der Waals surface area contributed by atoms with Gasteiger partial charge in [0.1, 0.15) is 0 Å². The quantitative estimate of drug-likeness (QED) is 0.492. The second kappa shape index (κ2) is 9.62. The molecule has 0 spiro atoms. The Morgan fingerprint density at radius 3 is 2.65 bits per heavy atom. The molecule has 1 aromatic carbocycles. The van der Waals surface area contributed by atoms with Crippen molar-refractivity contribution in [3.63, 3.8) is 0 Å². The molecule has 0 atom stereocenters. The summed E-state index contributed by atoms with van der Waals surface area (Å²) in [5, 5.41) is 13.7. The number of carbonyl (C=O) groups excluding carboxylic acids is 2. The van der Waals surface area contributed by atoms with Gasteiger partial charge in [0.15, 0.2) is 0 Å². The van der Waals surface area contributed by atoms with Crippen LogP contribution in [0.5, 0.6) is 0 Å². The van der Waals surface area contributed by atoms with Crippen LogP contribution in [-0.2, 0) is 14.3 Å². The maximum absolute atomic E-state index is 12.1. The average Bonchev–Trinajstić information content (AvgIpc) is 2.65. The molecule has 0 aliphatic carbocycles. The Morgan fingerprint density at radius 1 is 1.27 bits per heavy atom. The molecule has 3 N–H and O–H groups in total. The maximum atomic E-state index is 12.1. The number of hydrogen-bond donors (Lipinski definition) is 3. The summed E-state index contributed by atoms with van der Waals surface area (Å²) >= 11 is 0. The first-order valence-electron chi connectivity index (χ1n) is 8.33. The van der Waals surface area contributed by atoms with Crippen molar-refractivity contribution in [3.05, 3.63) is 23.8 Å². The van der Waals surface area contributed by atoms with Crippen molar-refractivity contribution < 1.29 is 29.0 Å². The number of ether oxygens (including phenoxy) is 2. The maximum Gasteiger partial charge on any atom is 0.340 e. The molecule has 2 rings (SSSR count). The minimum absolute atomic E-state index is 0.0259. The molecule has 0 unspecified atom stereocenters. The van der Waals surface area contributed by atoms with Crippen LogP contribution >= 0.6 is 0 Å². The van der Waals surface area contributed by atoms with Crippen LogP contribution in [0.25, 0.3) is 0 Å². The molecule has 142 valence electrons. The number of carboxylic acids is 1. The summed E-state index contributed by atoms with van der Waals surface area (Å²) in [5.74, 6) is -1.47. The summed E-state index contributed by atoms with van der Waals surface area (Å²) in [6.07, 6.45) is 0.296. The Morgan fingerprint density at radius 2 is 2.00 bits per heavy atom. The molecular formula is C17H23N3O6.